The van der Waals surface area contributed by atoms with Gasteiger partial charge in [-0.15, -0.1) is 0 Å². The summed E-state index contributed by atoms with van der Waals surface area (Å²) in [5.74, 6) is -3.38. The van der Waals surface area contributed by atoms with Gasteiger partial charge in [-0.3, -0.25) is 0 Å². The van der Waals surface area contributed by atoms with E-state index in [4.69, 9.17) is 43.0 Å². The van der Waals surface area contributed by atoms with E-state index in [1.807, 2.05) is 19.1 Å². The van der Waals surface area contributed by atoms with Crippen molar-refractivity contribution in [3.63, 3.8) is 0 Å². The van der Waals surface area contributed by atoms with E-state index in [9.17, 15) is 30.3 Å². The van der Waals surface area contributed by atoms with E-state index in [0.29, 0.717) is 75.7 Å². The summed E-state index contributed by atoms with van der Waals surface area (Å²) in [7, 11) is 0. The average molecular weight is 947 g/mol. The van der Waals surface area contributed by atoms with Crippen LogP contribution in [-0.4, -0.2) is 140 Å². The molecule has 15 nitrogen and oxygen atoms in total. The van der Waals surface area contributed by atoms with Crippen molar-refractivity contribution >= 4 is 5.97 Å². The standard InChI is InChI=1S/C52H82O15/c1-32-27-42(65-52(29-32)43(56)17-16-39(64-52)30-49(6,59)48(58)60-25-11-8-7-9-13-37(54)31-53)33(2)14-15-38-19-23-51(63-38)24-20-41-47(67-51)44(57)36(5)46(62-41)40(55)28-35(4)45-34(3)18-22-50(66-45)21-10-12-26-61-50/h11,14-15,25,29,33-35,37-47,53-57,59H,5,7-10,12-13,16-24,26-28,30-31H2,1-4,6H3/b15-14+,25-11+/t33-,34-,35+,37?,38+,39+,40+,41-,42+,43-,44-,45+,46+,47-,49-,50+,51?,52-/m1/s1. The van der Waals surface area contributed by atoms with E-state index in [1.54, 1.807) is 6.08 Å². The molecule has 3 spiro atoms. The van der Waals surface area contributed by atoms with Crippen LogP contribution >= 0.6 is 0 Å². The van der Waals surface area contributed by atoms with Crippen LogP contribution in [0.5, 0.6) is 0 Å². The number of ether oxygens (including phenoxy) is 8. The van der Waals surface area contributed by atoms with Crippen LogP contribution in [0.25, 0.3) is 0 Å². The van der Waals surface area contributed by atoms with Crippen LogP contribution in [-0.2, 0) is 42.7 Å². The normalized spacial score (nSPS) is 41.0. The first-order valence-corrected chi connectivity index (χ1v) is 25.5. The van der Waals surface area contributed by atoms with Gasteiger partial charge in [-0.25, -0.2) is 4.79 Å². The van der Waals surface area contributed by atoms with Crippen molar-refractivity contribution in [2.24, 2.45) is 17.8 Å². The molecule has 0 aliphatic carbocycles. The predicted molar refractivity (Wildman–Crippen MR) is 247 cm³/mol. The Morgan fingerprint density at radius 2 is 1.76 bits per heavy atom. The molecule has 18 atom stereocenters. The molecular formula is C52H82O15. The molecule has 7 heterocycles. The first-order valence-electron chi connectivity index (χ1n) is 25.5. The number of hydrogen-bond donors (Lipinski definition) is 6. The van der Waals surface area contributed by atoms with E-state index in [2.05, 4.69) is 33.4 Å². The molecule has 2 unspecified atom stereocenters. The van der Waals surface area contributed by atoms with Crippen molar-refractivity contribution in [3.05, 3.63) is 48.3 Å². The van der Waals surface area contributed by atoms with Crippen LogP contribution < -0.4 is 0 Å². The van der Waals surface area contributed by atoms with E-state index in [0.717, 1.165) is 57.1 Å². The quantitative estimate of drug-likeness (QED) is 0.0421. The highest BCUT2D eigenvalue weighted by Gasteiger charge is 2.55. The minimum atomic E-state index is -1.85. The Kier molecular flexibility index (Phi) is 17.7. The zero-order chi connectivity index (χ0) is 48.1. The van der Waals surface area contributed by atoms with Crippen LogP contribution in [0.3, 0.4) is 0 Å². The zero-order valence-corrected chi connectivity index (χ0v) is 40.7. The molecule has 6 N–H and O–H groups in total. The van der Waals surface area contributed by atoms with Crippen LogP contribution in [0.1, 0.15) is 150 Å². The lowest BCUT2D eigenvalue weighted by atomic mass is 9.79. The SMILES string of the molecule is C=C1[C@@H](O)[C@@H]2OC3(CC[C@H](/C=C/[C@@H](C)[C@@H]4CC(C)=C[C@@]5(O[C@H](C[C@@](C)(O)C(=O)O/C=C/CCCCC(O)CO)CC[C@H]5O)O4)O3)CC[C@H]2O[C@@H]1[C@@H](O)C[C@H](C)[C@H]1O[C@@]2(CCCCO2)CC[C@H]1C. The monoisotopic (exact) mass is 947 g/mol. The van der Waals surface area contributed by atoms with Gasteiger partial charge in [0.15, 0.2) is 17.2 Å². The predicted octanol–water partition coefficient (Wildman–Crippen LogP) is 6.10. The van der Waals surface area contributed by atoms with Gasteiger partial charge >= 0.3 is 5.97 Å². The second kappa shape index (κ2) is 22.5. The maximum atomic E-state index is 12.9. The Labute approximate surface area is 397 Å². The summed E-state index contributed by atoms with van der Waals surface area (Å²) in [5.41, 5.74) is -0.447. The fourth-order valence-corrected chi connectivity index (χ4v) is 11.6. The molecule has 6 fully saturated rings. The lowest BCUT2D eigenvalue weighted by molar-refractivity contribution is -0.321. The van der Waals surface area contributed by atoms with Gasteiger partial charge < -0.3 is 68.5 Å². The van der Waals surface area contributed by atoms with Gasteiger partial charge in [-0.2, -0.15) is 0 Å². The highest BCUT2D eigenvalue weighted by Crippen LogP contribution is 2.47. The van der Waals surface area contributed by atoms with Gasteiger partial charge in [0.1, 0.15) is 24.4 Å². The highest BCUT2D eigenvalue weighted by molar-refractivity contribution is 5.79. The van der Waals surface area contributed by atoms with Crippen LogP contribution in [0.2, 0.25) is 0 Å². The number of fused-ring (bicyclic) bond motifs is 1. The minimum absolute atomic E-state index is 0.0424. The summed E-state index contributed by atoms with van der Waals surface area (Å²) in [6.07, 6.45) is 14.1. The van der Waals surface area contributed by atoms with E-state index in [1.165, 1.54) is 13.2 Å². The smallest absolute Gasteiger partial charge is 0.342 e. The van der Waals surface area contributed by atoms with Crippen LogP contribution in [0, 0.1) is 17.8 Å². The molecule has 380 valence electrons. The van der Waals surface area contributed by atoms with E-state index < -0.39 is 77.8 Å². The molecule has 15 heteroatoms. The molecular weight excluding hydrogens is 865 g/mol. The molecule has 0 aromatic heterocycles. The number of carbonyl (C=O) groups excluding carboxylic acids is 1. The fraction of sp³-hybridized carbons (Fsp3) is 0.827. The molecule has 0 bridgehead atoms. The first kappa shape index (κ1) is 52.7. The molecule has 7 aliphatic rings. The first-order chi connectivity index (χ1) is 31.9. The second-order valence-corrected chi connectivity index (χ2v) is 21.5. The molecule has 67 heavy (non-hydrogen) atoms. The Morgan fingerprint density at radius 1 is 0.985 bits per heavy atom. The molecule has 0 amide bonds. The van der Waals surface area contributed by atoms with E-state index >= 15 is 0 Å². The molecule has 0 radical (unpaired) electrons. The molecule has 0 aromatic carbocycles. The molecule has 7 aliphatic heterocycles. The number of aliphatic hydroxyl groups excluding tert-OH is 5. The number of hydrogen-bond acceptors (Lipinski definition) is 15. The maximum absolute atomic E-state index is 12.9. The Morgan fingerprint density at radius 3 is 2.52 bits per heavy atom. The summed E-state index contributed by atoms with van der Waals surface area (Å²) in [6.45, 7) is 14.4. The maximum Gasteiger partial charge on any atom is 0.342 e. The fourth-order valence-electron chi connectivity index (χ4n) is 11.6. The summed E-state index contributed by atoms with van der Waals surface area (Å²) < 4.78 is 50.9. The van der Waals surface area contributed by atoms with Crippen LogP contribution in [0.4, 0.5) is 0 Å². The van der Waals surface area contributed by atoms with Crippen LogP contribution in [0.15, 0.2) is 48.3 Å². The molecule has 6 saturated heterocycles. The van der Waals surface area contributed by atoms with Crippen molar-refractivity contribution in [2.75, 3.05) is 13.2 Å². The third-order valence-electron chi connectivity index (χ3n) is 15.6. The Hall–Kier alpha value is -2.09. The topological polar surface area (TPSA) is 212 Å². The number of rotatable bonds is 17. The molecule has 0 aromatic rings. The number of allylic oxidation sites excluding steroid dienone is 1. The Bertz CT molecular complexity index is 1740. The van der Waals surface area contributed by atoms with Crippen molar-refractivity contribution in [1.82, 2.24) is 0 Å². The number of esters is 1. The minimum Gasteiger partial charge on any atom is -0.433 e. The zero-order valence-electron chi connectivity index (χ0n) is 40.7. The summed E-state index contributed by atoms with van der Waals surface area (Å²) in [6, 6.07) is 0. The second-order valence-electron chi connectivity index (χ2n) is 21.5. The summed E-state index contributed by atoms with van der Waals surface area (Å²) in [4.78, 5) is 12.9. The van der Waals surface area contributed by atoms with Gasteiger partial charge in [0.05, 0.1) is 62.2 Å². The van der Waals surface area contributed by atoms with Gasteiger partial charge in [0, 0.05) is 38.0 Å². The summed E-state index contributed by atoms with van der Waals surface area (Å²) >= 11 is 0. The molecule has 0 saturated carbocycles. The van der Waals surface area contributed by atoms with Gasteiger partial charge in [0.2, 0.25) is 5.79 Å². The van der Waals surface area contributed by atoms with Crippen molar-refractivity contribution in [1.29, 1.82) is 0 Å². The van der Waals surface area contributed by atoms with Crippen molar-refractivity contribution < 1.29 is 73.3 Å². The molecule has 7 rings (SSSR count). The van der Waals surface area contributed by atoms with Gasteiger partial charge in [-0.1, -0.05) is 51.5 Å². The highest BCUT2D eigenvalue weighted by atomic mass is 16.7. The Balaban J connectivity index is 0.881. The summed E-state index contributed by atoms with van der Waals surface area (Å²) in [5, 5.41) is 64.1. The third kappa shape index (κ3) is 12.7. The number of aliphatic hydroxyl groups is 6. The van der Waals surface area contributed by atoms with Crippen molar-refractivity contribution in [2.45, 2.75) is 240 Å². The van der Waals surface area contributed by atoms with E-state index in [-0.39, 0.29) is 43.2 Å². The van der Waals surface area contributed by atoms with Gasteiger partial charge in [0.25, 0.3) is 0 Å². The van der Waals surface area contributed by atoms with Gasteiger partial charge in [-0.05, 0) is 120 Å². The number of carbonyl (C=O) groups is 1. The largest absolute Gasteiger partial charge is 0.433 e. The number of unbranched alkanes of at least 4 members (excludes halogenated alkanes) is 2. The average Bonchev–Trinajstić information content (AvgIpc) is 3.69. The lowest BCUT2D eigenvalue weighted by Gasteiger charge is -2.50. The third-order valence-corrected chi connectivity index (χ3v) is 15.6. The lowest BCUT2D eigenvalue weighted by Crippen LogP contribution is -2.60. The van der Waals surface area contributed by atoms with Crippen molar-refractivity contribution in [3.8, 4) is 0 Å².